The van der Waals surface area contributed by atoms with Crippen LogP contribution in [0.15, 0.2) is 91.5 Å². The third-order valence-corrected chi connectivity index (χ3v) is 4.36. The van der Waals surface area contributed by atoms with E-state index in [0.29, 0.717) is 0 Å². The summed E-state index contributed by atoms with van der Waals surface area (Å²) in [5, 5.41) is 1.08. The van der Waals surface area contributed by atoms with Crippen molar-refractivity contribution in [2.75, 3.05) is 0 Å². The lowest BCUT2D eigenvalue weighted by atomic mass is 9.92. The molecule has 0 saturated heterocycles. The summed E-state index contributed by atoms with van der Waals surface area (Å²) in [6, 6.07) is 29.1. The molecule has 0 atom stereocenters. The van der Waals surface area contributed by atoms with E-state index >= 15 is 0 Å². The third-order valence-electron chi connectivity index (χ3n) is 3.82. The second-order valence-electron chi connectivity index (χ2n) is 5.27. The Bertz CT molecular complexity index is 830. The molecule has 0 fully saturated rings. The van der Waals surface area contributed by atoms with Crippen LogP contribution in [0.5, 0.6) is 0 Å². The largest absolute Gasteiger partial charge is 0.0984 e. The highest BCUT2D eigenvalue weighted by molar-refractivity contribution is 6.47. The zero-order chi connectivity index (χ0) is 16.1. The molecule has 0 amide bonds. The third kappa shape index (κ3) is 3.25. The Hall–Kier alpha value is -2.64. The van der Waals surface area contributed by atoms with Crippen LogP contribution >= 0.6 is 0 Å². The first-order valence-electron chi connectivity index (χ1n) is 7.60. The second kappa shape index (κ2) is 7.08. The van der Waals surface area contributed by atoms with Crippen LogP contribution in [0.1, 0.15) is 22.3 Å². The van der Waals surface area contributed by atoms with Crippen LogP contribution in [0.4, 0.5) is 0 Å². The first-order valence-corrected chi connectivity index (χ1v) is 8.10. The number of hydrogen-bond acceptors (Lipinski definition) is 0. The van der Waals surface area contributed by atoms with Crippen LogP contribution in [0.2, 0.25) is 0 Å². The van der Waals surface area contributed by atoms with Crippen LogP contribution in [-0.2, 0) is 0 Å². The fourth-order valence-corrected chi connectivity index (χ4v) is 3.14. The van der Waals surface area contributed by atoms with Gasteiger partial charge in [-0.3, -0.25) is 0 Å². The van der Waals surface area contributed by atoms with E-state index in [-0.39, 0.29) is 0 Å². The minimum Gasteiger partial charge on any atom is -0.0984 e. The van der Waals surface area contributed by atoms with Crippen LogP contribution in [0, 0.1) is 0 Å². The van der Waals surface area contributed by atoms with E-state index in [0.717, 1.165) is 16.3 Å². The van der Waals surface area contributed by atoms with E-state index in [9.17, 15) is 0 Å². The summed E-state index contributed by atoms with van der Waals surface area (Å²) in [5.41, 5.74) is 5.79. The van der Waals surface area contributed by atoms with Crippen molar-refractivity contribution in [3.05, 3.63) is 114 Å². The zero-order valence-corrected chi connectivity index (χ0v) is 13.9. The summed E-state index contributed by atoms with van der Waals surface area (Å²) < 4.78 is 0. The Morgan fingerprint density at radius 2 is 1.22 bits per heavy atom. The van der Waals surface area contributed by atoms with Gasteiger partial charge in [0.2, 0.25) is 0 Å². The van der Waals surface area contributed by atoms with Gasteiger partial charge < -0.3 is 0 Å². The summed E-state index contributed by atoms with van der Waals surface area (Å²) in [6.07, 6.45) is 1.91. The maximum Gasteiger partial charge on any atom is 0.0729 e. The van der Waals surface area contributed by atoms with E-state index in [1.54, 1.807) is 0 Å². The van der Waals surface area contributed by atoms with Gasteiger partial charge in [0, 0.05) is 0 Å². The topological polar surface area (TPSA) is 0 Å². The highest BCUT2D eigenvalue weighted by Gasteiger charge is 2.12. The molecular weight excluding hydrogens is 292 g/mol. The van der Waals surface area contributed by atoms with Crippen molar-refractivity contribution < 1.29 is 0 Å². The molecule has 3 aromatic carbocycles. The van der Waals surface area contributed by atoms with E-state index in [1.807, 2.05) is 24.3 Å². The average Bonchev–Trinajstić information content (AvgIpc) is 2.64. The van der Waals surface area contributed by atoms with Gasteiger partial charge in [-0.1, -0.05) is 103 Å². The second-order valence-corrected chi connectivity index (χ2v) is 5.77. The Balaban J connectivity index is 2.30. The summed E-state index contributed by atoms with van der Waals surface area (Å²) in [4.78, 5) is 0. The van der Waals surface area contributed by atoms with Crippen molar-refractivity contribution in [2.24, 2.45) is 0 Å². The molecule has 0 bridgehead atoms. The van der Waals surface area contributed by atoms with Crippen molar-refractivity contribution in [3.63, 3.8) is 0 Å². The van der Waals surface area contributed by atoms with Gasteiger partial charge in [0.1, 0.15) is 0 Å². The first-order chi connectivity index (χ1) is 11.3. The monoisotopic (exact) mass is 309 g/mol. The maximum atomic E-state index is 3.96. The van der Waals surface area contributed by atoms with Gasteiger partial charge in [0.25, 0.3) is 0 Å². The molecule has 3 aromatic rings. The molecule has 0 aliphatic heterocycles. The predicted octanol–water partition coefficient (Wildman–Crippen LogP) is 5.41. The molecular formula is C22H17Si. The quantitative estimate of drug-likeness (QED) is 0.446. The maximum absolute atomic E-state index is 3.96. The lowest BCUT2D eigenvalue weighted by Gasteiger charge is -2.16. The van der Waals surface area contributed by atoms with Crippen molar-refractivity contribution >= 4 is 27.1 Å². The van der Waals surface area contributed by atoms with Crippen molar-refractivity contribution in [1.29, 1.82) is 0 Å². The molecule has 0 saturated carbocycles. The van der Waals surface area contributed by atoms with E-state index in [4.69, 9.17) is 0 Å². The molecule has 0 aliphatic rings. The van der Waals surface area contributed by atoms with Crippen molar-refractivity contribution in [3.8, 4) is 0 Å². The summed E-state index contributed by atoms with van der Waals surface area (Å²) in [5.74, 6) is 0. The molecule has 0 N–H and O–H groups in total. The number of benzene rings is 3. The Morgan fingerprint density at radius 3 is 1.83 bits per heavy atom. The summed E-state index contributed by atoms with van der Waals surface area (Å²) in [7, 11) is 3.90. The van der Waals surface area contributed by atoms with Gasteiger partial charge in [-0.15, -0.1) is 0 Å². The predicted molar refractivity (Wildman–Crippen MR) is 101 cm³/mol. The van der Waals surface area contributed by atoms with Gasteiger partial charge >= 0.3 is 0 Å². The molecule has 23 heavy (non-hydrogen) atoms. The molecule has 3 rings (SSSR count). The highest BCUT2D eigenvalue weighted by atomic mass is 28.1. The number of hydrogen-bond donors (Lipinski definition) is 0. The minimum absolute atomic E-state index is 1.08. The van der Waals surface area contributed by atoms with Gasteiger partial charge in [-0.2, -0.15) is 0 Å². The standard InChI is InChI=1S/C22H17Si/c1-2-17-11-9-10-16-20(17)21(18-12-5-3-6-13-18)22(23)19-14-7-4-8-15-19/h2-16H,1H2. The molecule has 1 heteroatoms. The van der Waals surface area contributed by atoms with Crippen molar-refractivity contribution in [1.82, 2.24) is 0 Å². The zero-order valence-electron chi connectivity index (χ0n) is 12.9. The smallest absolute Gasteiger partial charge is 0.0729 e. The molecule has 0 spiro atoms. The fraction of sp³-hybridized carbons (Fsp3) is 0. The van der Waals surface area contributed by atoms with E-state index in [1.165, 1.54) is 16.7 Å². The fourth-order valence-electron chi connectivity index (χ4n) is 2.69. The molecule has 0 unspecified atom stereocenters. The van der Waals surface area contributed by atoms with Crippen LogP contribution in [-0.4, -0.2) is 10.2 Å². The van der Waals surface area contributed by atoms with Gasteiger partial charge in [0.15, 0.2) is 0 Å². The molecule has 3 radical (unpaired) electrons. The van der Waals surface area contributed by atoms with Gasteiger partial charge in [-0.25, -0.2) is 0 Å². The van der Waals surface area contributed by atoms with Crippen LogP contribution in [0.3, 0.4) is 0 Å². The summed E-state index contributed by atoms with van der Waals surface area (Å²) >= 11 is 0. The molecule has 0 aliphatic carbocycles. The highest BCUT2D eigenvalue weighted by Crippen LogP contribution is 2.32. The SMILES string of the molecule is C=Cc1ccccc1C(=C([Si])c1ccccc1)c1ccccc1. The molecule has 0 heterocycles. The minimum atomic E-state index is 1.08. The van der Waals surface area contributed by atoms with Crippen molar-refractivity contribution in [2.45, 2.75) is 0 Å². The van der Waals surface area contributed by atoms with E-state index < -0.39 is 0 Å². The average molecular weight is 309 g/mol. The lowest BCUT2D eigenvalue weighted by molar-refractivity contribution is 1.52. The Labute approximate surface area is 141 Å². The summed E-state index contributed by atoms with van der Waals surface area (Å²) in [6.45, 7) is 3.96. The van der Waals surface area contributed by atoms with Crippen LogP contribution in [0.25, 0.3) is 16.8 Å². The molecule has 0 nitrogen and oxygen atoms in total. The lowest BCUT2D eigenvalue weighted by Crippen LogP contribution is -1.97. The van der Waals surface area contributed by atoms with E-state index in [2.05, 4.69) is 83.6 Å². The Morgan fingerprint density at radius 1 is 0.696 bits per heavy atom. The molecule has 0 aromatic heterocycles. The van der Waals surface area contributed by atoms with Gasteiger partial charge in [0.05, 0.1) is 10.2 Å². The Kier molecular flexibility index (Phi) is 4.70. The van der Waals surface area contributed by atoms with Gasteiger partial charge in [-0.05, 0) is 27.8 Å². The number of rotatable bonds is 4. The normalized spacial score (nSPS) is 11.7. The first kappa shape index (κ1) is 15.3. The van der Waals surface area contributed by atoms with Crippen LogP contribution < -0.4 is 0 Å². The molecule has 109 valence electrons.